The van der Waals surface area contributed by atoms with Crippen molar-refractivity contribution in [1.82, 2.24) is 15.0 Å². The molecular weight excluding hydrogens is 241 g/mol. The lowest BCUT2D eigenvalue weighted by molar-refractivity contribution is 0.00578. The average Bonchev–Trinajstić information content (AvgIpc) is 2.80. The van der Waals surface area contributed by atoms with Crippen molar-refractivity contribution in [3.63, 3.8) is 0 Å². The molecule has 5 nitrogen and oxygen atoms in total. The first-order valence-corrected chi connectivity index (χ1v) is 6.46. The van der Waals surface area contributed by atoms with Crippen LogP contribution >= 0.6 is 0 Å². The van der Waals surface area contributed by atoms with E-state index >= 15 is 0 Å². The summed E-state index contributed by atoms with van der Waals surface area (Å²) < 4.78 is 12.0. The van der Waals surface area contributed by atoms with Gasteiger partial charge in [0.2, 0.25) is 0 Å². The van der Waals surface area contributed by atoms with Crippen LogP contribution in [0, 0.1) is 6.92 Å². The van der Waals surface area contributed by atoms with Gasteiger partial charge in [0.15, 0.2) is 0 Å². The summed E-state index contributed by atoms with van der Waals surface area (Å²) in [6.45, 7) is 10.1. The SMILES string of the molecule is Cc1ncnc2[nH]c(B3OC(C)(C)C(C)(C)O3)cc12. The van der Waals surface area contributed by atoms with Gasteiger partial charge in [0.1, 0.15) is 12.0 Å². The Hall–Kier alpha value is -1.40. The molecule has 3 rings (SSSR count). The molecule has 0 aromatic carbocycles. The molecule has 0 amide bonds. The van der Waals surface area contributed by atoms with Gasteiger partial charge in [0.25, 0.3) is 0 Å². The number of hydrogen-bond donors (Lipinski definition) is 1. The van der Waals surface area contributed by atoms with E-state index in [0.717, 1.165) is 22.3 Å². The molecule has 1 fully saturated rings. The second-order valence-corrected chi connectivity index (χ2v) is 6.03. The zero-order chi connectivity index (χ0) is 13.8. The molecule has 0 aliphatic carbocycles. The molecule has 19 heavy (non-hydrogen) atoms. The van der Waals surface area contributed by atoms with Crippen molar-refractivity contribution in [3.8, 4) is 0 Å². The lowest BCUT2D eigenvalue weighted by atomic mass is 9.85. The Morgan fingerprint density at radius 2 is 1.74 bits per heavy atom. The van der Waals surface area contributed by atoms with Crippen molar-refractivity contribution in [2.75, 3.05) is 0 Å². The zero-order valence-electron chi connectivity index (χ0n) is 11.9. The Balaban J connectivity index is 2.01. The molecule has 6 heteroatoms. The van der Waals surface area contributed by atoms with Gasteiger partial charge in [-0.2, -0.15) is 0 Å². The van der Waals surface area contributed by atoms with Crippen LogP contribution in [0.15, 0.2) is 12.4 Å². The first kappa shape index (κ1) is 12.6. The maximum Gasteiger partial charge on any atom is 0.512 e. The Morgan fingerprint density at radius 3 is 2.32 bits per heavy atom. The third kappa shape index (κ3) is 1.86. The van der Waals surface area contributed by atoms with Gasteiger partial charge in [-0.05, 0) is 40.7 Å². The lowest BCUT2D eigenvalue weighted by Gasteiger charge is -2.32. The molecule has 0 bridgehead atoms. The third-order valence-electron chi connectivity index (χ3n) is 4.15. The second-order valence-electron chi connectivity index (χ2n) is 6.03. The molecule has 1 aliphatic heterocycles. The number of nitrogens with zero attached hydrogens (tertiary/aromatic N) is 2. The average molecular weight is 259 g/mol. The summed E-state index contributed by atoms with van der Waals surface area (Å²) in [5.74, 6) is 0. The van der Waals surface area contributed by atoms with E-state index in [4.69, 9.17) is 9.31 Å². The summed E-state index contributed by atoms with van der Waals surface area (Å²) in [5, 5.41) is 1.01. The monoisotopic (exact) mass is 259 g/mol. The lowest BCUT2D eigenvalue weighted by Crippen LogP contribution is -2.41. The van der Waals surface area contributed by atoms with Crippen molar-refractivity contribution in [2.24, 2.45) is 0 Å². The molecule has 2 aromatic rings. The first-order chi connectivity index (χ1) is 8.80. The quantitative estimate of drug-likeness (QED) is 0.789. The van der Waals surface area contributed by atoms with Gasteiger partial charge in [-0.25, -0.2) is 9.97 Å². The second kappa shape index (κ2) is 3.80. The van der Waals surface area contributed by atoms with E-state index in [1.54, 1.807) is 6.33 Å². The number of rotatable bonds is 1. The Bertz CT molecular complexity index is 620. The van der Waals surface area contributed by atoms with Gasteiger partial charge in [0.05, 0.1) is 16.9 Å². The number of aryl methyl sites for hydroxylation is 1. The van der Waals surface area contributed by atoms with Crippen LogP contribution in [0.2, 0.25) is 0 Å². The smallest absolute Gasteiger partial charge is 0.398 e. The Kier molecular flexibility index (Phi) is 2.53. The number of aromatic nitrogens is 3. The van der Waals surface area contributed by atoms with Crippen LogP contribution in [-0.2, 0) is 9.31 Å². The van der Waals surface area contributed by atoms with E-state index in [9.17, 15) is 0 Å². The minimum Gasteiger partial charge on any atom is -0.398 e. The Labute approximate surface area is 112 Å². The highest BCUT2D eigenvalue weighted by Gasteiger charge is 2.52. The summed E-state index contributed by atoms with van der Waals surface area (Å²) in [7, 11) is -0.390. The van der Waals surface area contributed by atoms with Crippen LogP contribution < -0.4 is 5.59 Å². The molecule has 3 heterocycles. The van der Waals surface area contributed by atoms with Gasteiger partial charge < -0.3 is 14.3 Å². The molecule has 100 valence electrons. The first-order valence-electron chi connectivity index (χ1n) is 6.46. The predicted molar refractivity (Wildman–Crippen MR) is 74.3 cm³/mol. The third-order valence-corrected chi connectivity index (χ3v) is 4.15. The van der Waals surface area contributed by atoms with Crippen LogP contribution in [0.1, 0.15) is 33.4 Å². The predicted octanol–water partition coefficient (Wildman–Crippen LogP) is 1.57. The van der Waals surface area contributed by atoms with Crippen molar-refractivity contribution >= 4 is 23.7 Å². The molecule has 1 saturated heterocycles. The highest BCUT2D eigenvalue weighted by Crippen LogP contribution is 2.36. The van der Waals surface area contributed by atoms with Crippen LogP contribution in [0.3, 0.4) is 0 Å². The summed E-state index contributed by atoms with van der Waals surface area (Å²) in [5.41, 5.74) is 1.98. The van der Waals surface area contributed by atoms with Crippen LogP contribution in [-0.4, -0.2) is 33.3 Å². The molecule has 0 saturated carbocycles. The van der Waals surface area contributed by atoms with E-state index in [1.165, 1.54) is 0 Å². The van der Waals surface area contributed by atoms with Crippen molar-refractivity contribution in [2.45, 2.75) is 45.8 Å². The van der Waals surface area contributed by atoms with Crippen LogP contribution in [0.5, 0.6) is 0 Å². The van der Waals surface area contributed by atoms with Crippen LogP contribution in [0.25, 0.3) is 11.0 Å². The maximum absolute atomic E-state index is 6.02. The molecular formula is C13H18BN3O2. The molecule has 0 atom stereocenters. The summed E-state index contributed by atoms with van der Waals surface area (Å²) in [6, 6.07) is 2.01. The van der Waals surface area contributed by atoms with Gasteiger partial charge in [-0.1, -0.05) is 0 Å². The number of H-pyrrole nitrogens is 1. The molecule has 2 aromatic heterocycles. The summed E-state index contributed by atoms with van der Waals surface area (Å²) in [6.07, 6.45) is 1.56. The number of nitrogens with one attached hydrogen (secondary N) is 1. The molecule has 0 spiro atoms. The topological polar surface area (TPSA) is 60.0 Å². The highest BCUT2D eigenvalue weighted by atomic mass is 16.7. The van der Waals surface area contributed by atoms with Gasteiger partial charge in [-0.3, -0.25) is 0 Å². The van der Waals surface area contributed by atoms with Crippen molar-refractivity contribution in [1.29, 1.82) is 0 Å². The fourth-order valence-corrected chi connectivity index (χ4v) is 2.18. The van der Waals surface area contributed by atoms with E-state index < -0.39 is 7.12 Å². The Morgan fingerprint density at radius 1 is 1.11 bits per heavy atom. The van der Waals surface area contributed by atoms with Gasteiger partial charge >= 0.3 is 7.12 Å². The maximum atomic E-state index is 6.02. The summed E-state index contributed by atoms with van der Waals surface area (Å²) >= 11 is 0. The van der Waals surface area contributed by atoms with Gasteiger partial charge in [0, 0.05) is 11.0 Å². The van der Waals surface area contributed by atoms with E-state index in [0.29, 0.717) is 0 Å². The molecule has 1 N–H and O–H groups in total. The fraction of sp³-hybridized carbons (Fsp3) is 0.538. The summed E-state index contributed by atoms with van der Waals surface area (Å²) in [4.78, 5) is 11.7. The standard InChI is InChI=1S/C13H18BN3O2/c1-8-9-6-10(17-11(9)16-7-15-8)14-18-12(2,3)13(4,5)19-14/h6-7H,1-5H3,(H,15,16,17). The number of aromatic amines is 1. The van der Waals surface area contributed by atoms with Gasteiger partial charge in [-0.15, -0.1) is 0 Å². The number of fused-ring (bicyclic) bond motifs is 1. The highest BCUT2D eigenvalue weighted by molar-refractivity contribution is 6.61. The normalized spacial score (nSPS) is 21.2. The van der Waals surface area contributed by atoms with Crippen molar-refractivity contribution < 1.29 is 9.31 Å². The largest absolute Gasteiger partial charge is 0.512 e. The zero-order valence-corrected chi connectivity index (χ0v) is 11.9. The fourth-order valence-electron chi connectivity index (χ4n) is 2.18. The minimum atomic E-state index is -0.390. The number of hydrogen-bond acceptors (Lipinski definition) is 4. The molecule has 0 unspecified atom stereocenters. The molecule has 0 radical (unpaired) electrons. The van der Waals surface area contributed by atoms with E-state index in [1.807, 2.05) is 40.7 Å². The molecule has 1 aliphatic rings. The van der Waals surface area contributed by atoms with E-state index in [-0.39, 0.29) is 11.2 Å². The van der Waals surface area contributed by atoms with Crippen molar-refractivity contribution in [3.05, 3.63) is 18.1 Å². The van der Waals surface area contributed by atoms with E-state index in [2.05, 4.69) is 15.0 Å². The van der Waals surface area contributed by atoms with Crippen LogP contribution in [0.4, 0.5) is 0 Å². The minimum absolute atomic E-state index is 0.338.